The number of carbonyl (C=O) groups excluding carboxylic acids is 3. The zero-order chi connectivity index (χ0) is 33.4. The van der Waals surface area contributed by atoms with Gasteiger partial charge in [-0.2, -0.15) is 9.59 Å². The summed E-state index contributed by atoms with van der Waals surface area (Å²) in [4.78, 5) is 37.3. The second kappa shape index (κ2) is 16.8. The number of benzene rings is 1. The van der Waals surface area contributed by atoms with Gasteiger partial charge in [-0.25, -0.2) is 0 Å². The lowest BCUT2D eigenvalue weighted by Gasteiger charge is -2.42. The maximum atomic E-state index is 13.0. The predicted octanol–water partition coefficient (Wildman–Crippen LogP) is 9.77. The molecule has 1 aromatic carbocycles. The van der Waals surface area contributed by atoms with Crippen LogP contribution in [-0.4, -0.2) is 41.6 Å². The molecule has 0 N–H and O–H groups in total. The Balaban J connectivity index is 2.20. The average Bonchev–Trinajstić information content (AvgIpc) is 2.97. The summed E-state index contributed by atoms with van der Waals surface area (Å²) in [6, 6.07) is 0. The molecule has 44 heavy (non-hydrogen) atoms. The number of ether oxygens (including phenoxy) is 4. The fourth-order valence-electron chi connectivity index (χ4n) is 5.50. The van der Waals surface area contributed by atoms with E-state index in [1.165, 1.54) is 12.8 Å². The van der Waals surface area contributed by atoms with Crippen molar-refractivity contribution < 1.29 is 42.5 Å². The van der Waals surface area contributed by atoms with E-state index in [9.17, 15) is 23.5 Å². The van der Waals surface area contributed by atoms with E-state index in [1.54, 1.807) is 13.8 Å². The third-order valence-electron chi connectivity index (χ3n) is 9.25. The lowest BCUT2D eigenvalue weighted by molar-refractivity contribution is -0.134. The van der Waals surface area contributed by atoms with E-state index in [-0.39, 0.29) is 31.7 Å². The molecule has 2 rings (SSSR count). The zero-order valence-corrected chi connectivity index (χ0v) is 30.0. The highest BCUT2D eigenvalue weighted by molar-refractivity contribution is 7.79. The number of hydrogen-bond acceptors (Lipinski definition) is 9. The van der Waals surface area contributed by atoms with Gasteiger partial charge in [-0.05, 0) is 95.2 Å². The summed E-state index contributed by atoms with van der Waals surface area (Å²) < 4.78 is 47.8. The third-order valence-corrected chi connectivity index (χ3v) is 13.1. The fraction of sp³-hybridized carbons (Fsp3) is 0.727. The molecular formula is C33H52O9P2+2. The van der Waals surface area contributed by atoms with Crippen LogP contribution in [0.3, 0.4) is 0 Å². The minimum atomic E-state index is -2.85. The summed E-state index contributed by atoms with van der Waals surface area (Å²) in [6.45, 7) is 20.1. The van der Waals surface area contributed by atoms with Crippen LogP contribution in [0, 0.1) is 38.5 Å². The molecule has 0 saturated heterocycles. The molecule has 1 heterocycles. The molecule has 0 spiro atoms. The van der Waals surface area contributed by atoms with Gasteiger partial charge in [-0.1, -0.05) is 49.7 Å². The molecule has 0 bridgehead atoms. The van der Waals surface area contributed by atoms with Crippen molar-refractivity contribution in [2.24, 2.45) is 17.8 Å². The Morgan fingerprint density at radius 2 is 1.43 bits per heavy atom. The molecule has 0 saturated carbocycles. The number of carbonyl (C=O) groups is 3. The van der Waals surface area contributed by atoms with Crippen molar-refractivity contribution in [2.75, 3.05) is 13.2 Å². The molecule has 5 atom stereocenters. The third kappa shape index (κ3) is 9.33. The van der Waals surface area contributed by atoms with Crippen molar-refractivity contribution in [2.45, 2.75) is 125 Å². The summed E-state index contributed by atoms with van der Waals surface area (Å²) in [5.41, 5.74) is 1.12. The smallest absolute Gasteiger partial charge is 0.487 e. The van der Waals surface area contributed by atoms with Gasteiger partial charge in [-0.15, -0.1) is 0 Å². The first kappa shape index (κ1) is 37.8. The maximum Gasteiger partial charge on any atom is 0.560 e. The minimum Gasteiger partial charge on any atom is -0.487 e. The molecule has 1 aliphatic rings. The van der Waals surface area contributed by atoms with E-state index < -0.39 is 38.4 Å². The first-order valence-corrected chi connectivity index (χ1v) is 18.5. The van der Waals surface area contributed by atoms with Gasteiger partial charge in [-0.3, -0.25) is 4.79 Å². The van der Waals surface area contributed by atoms with Gasteiger partial charge in [0.1, 0.15) is 17.1 Å². The van der Waals surface area contributed by atoms with Gasteiger partial charge < -0.3 is 18.9 Å². The number of rotatable bonds is 16. The Morgan fingerprint density at radius 3 is 1.95 bits per heavy atom. The van der Waals surface area contributed by atoms with Crippen molar-refractivity contribution in [3.05, 3.63) is 22.3 Å². The van der Waals surface area contributed by atoms with E-state index in [4.69, 9.17) is 18.9 Å². The van der Waals surface area contributed by atoms with Gasteiger partial charge in [0.25, 0.3) is 0 Å². The molecule has 0 aliphatic carbocycles. The molecule has 5 unspecified atom stereocenters. The van der Waals surface area contributed by atoms with Crippen LogP contribution in [0.4, 0.5) is 9.59 Å². The normalized spacial score (nSPS) is 18.8. The van der Waals surface area contributed by atoms with Crippen LogP contribution in [0.15, 0.2) is 0 Å². The summed E-state index contributed by atoms with van der Waals surface area (Å²) in [6.07, 6.45) is 4.54. The fourth-order valence-corrected chi connectivity index (χ4v) is 8.55. The van der Waals surface area contributed by atoms with E-state index >= 15 is 0 Å². The van der Waals surface area contributed by atoms with Crippen LogP contribution in [-0.2, 0) is 29.8 Å². The van der Waals surface area contributed by atoms with Crippen molar-refractivity contribution in [3.8, 4) is 11.5 Å². The van der Waals surface area contributed by atoms with Crippen LogP contribution in [0.25, 0.3) is 0 Å². The lowest BCUT2D eigenvalue weighted by Crippen LogP contribution is -2.43. The van der Waals surface area contributed by atoms with E-state index in [1.807, 2.05) is 20.8 Å². The van der Waals surface area contributed by atoms with Gasteiger partial charge in [0, 0.05) is 5.56 Å². The average molecular weight is 655 g/mol. The van der Waals surface area contributed by atoms with Crippen LogP contribution in [0.5, 0.6) is 11.5 Å². The molecule has 1 aromatic rings. The van der Waals surface area contributed by atoms with E-state index in [2.05, 4.69) is 34.6 Å². The number of esters is 1. The first-order valence-electron chi connectivity index (χ1n) is 15.9. The van der Waals surface area contributed by atoms with Gasteiger partial charge in [0.2, 0.25) is 0 Å². The Hall–Kier alpha value is -2.37. The van der Waals surface area contributed by atoms with Crippen LogP contribution >= 0.6 is 15.6 Å². The van der Waals surface area contributed by atoms with Gasteiger partial charge >= 0.3 is 38.4 Å². The molecule has 1 aliphatic heterocycles. The summed E-state index contributed by atoms with van der Waals surface area (Å²) >= 11 is 0. The Labute approximate surface area is 265 Å². The maximum absolute atomic E-state index is 13.0. The lowest BCUT2D eigenvalue weighted by atomic mass is 9.78. The highest BCUT2D eigenvalue weighted by atomic mass is 31.2. The molecule has 0 fully saturated rings. The molecule has 11 heteroatoms. The van der Waals surface area contributed by atoms with Crippen molar-refractivity contribution >= 4 is 33.0 Å². The SMILES string of the molecule is CCOC(=O)[P+](=O)C(CCC(=O)Oc1c(C)c(C)c2c(c1C)CCC(C)(C(C)CCCC(C)C(C)C)O2)[P+](=O)C(=O)OCC. The van der Waals surface area contributed by atoms with E-state index in [0.29, 0.717) is 23.5 Å². The quantitative estimate of drug-likeness (QED) is 0.0973. The molecule has 9 nitrogen and oxygen atoms in total. The highest BCUT2D eigenvalue weighted by Gasteiger charge is 2.58. The molecule has 0 radical (unpaired) electrons. The number of fused-ring (bicyclic) bond motifs is 1. The van der Waals surface area contributed by atoms with Gasteiger partial charge in [0.05, 0.1) is 26.1 Å². The molecular weight excluding hydrogens is 602 g/mol. The highest BCUT2D eigenvalue weighted by Crippen LogP contribution is 2.50. The Kier molecular flexibility index (Phi) is 14.4. The number of hydrogen-bond donors (Lipinski definition) is 0. The van der Waals surface area contributed by atoms with Crippen LogP contribution < -0.4 is 9.47 Å². The Bertz CT molecular complexity index is 1210. The van der Waals surface area contributed by atoms with Crippen LogP contribution in [0.2, 0.25) is 0 Å². The summed E-state index contributed by atoms with van der Waals surface area (Å²) in [7, 11) is -5.71. The zero-order valence-electron chi connectivity index (χ0n) is 28.2. The molecule has 0 aromatic heterocycles. The van der Waals surface area contributed by atoms with E-state index in [0.717, 1.165) is 47.3 Å². The second-order valence-corrected chi connectivity index (χ2v) is 16.2. The molecule has 0 amide bonds. The standard InChI is InChI=1S/C33H52O9P2/c1-11-39-31(35)43(37)28(44(38)32(36)40-12-2)17-16-27(34)41-29-23(7)24(8)30-26(25(29)9)18-19-33(10,42-30)22(6)15-13-14-21(5)20(3)4/h20-22,28H,11-19H2,1-10H3/q+2. The topological polar surface area (TPSA) is 122 Å². The first-order chi connectivity index (χ1) is 20.6. The summed E-state index contributed by atoms with van der Waals surface area (Å²) in [5, 5.41) is -1.40. The predicted molar refractivity (Wildman–Crippen MR) is 173 cm³/mol. The minimum absolute atomic E-state index is 0.0273. The monoisotopic (exact) mass is 654 g/mol. The largest absolute Gasteiger partial charge is 0.560 e. The second-order valence-electron chi connectivity index (χ2n) is 12.5. The van der Waals surface area contributed by atoms with Crippen LogP contribution in [0.1, 0.15) is 109 Å². The van der Waals surface area contributed by atoms with Crippen molar-refractivity contribution in [1.29, 1.82) is 0 Å². The van der Waals surface area contributed by atoms with Crippen molar-refractivity contribution in [3.63, 3.8) is 0 Å². The molecule has 246 valence electrons. The van der Waals surface area contributed by atoms with Gasteiger partial charge in [0.15, 0.2) is 0 Å². The summed E-state index contributed by atoms with van der Waals surface area (Å²) in [5.74, 6) is 2.40. The Morgan fingerprint density at radius 1 is 0.864 bits per heavy atom. The van der Waals surface area contributed by atoms with Crippen molar-refractivity contribution in [1.82, 2.24) is 0 Å².